The molecule has 1 aliphatic heterocycles. The van der Waals surface area contributed by atoms with E-state index in [1.165, 1.54) is 19.3 Å². The average Bonchev–Trinajstić information content (AvgIpc) is 3.36. The summed E-state index contributed by atoms with van der Waals surface area (Å²) in [7, 11) is 1.77. The molecule has 0 bridgehead atoms. The number of hydrogen-bond acceptors (Lipinski definition) is 4. The van der Waals surface area contributed by atoms with Crippen LogP contribution in [0.25, 0.3) is 0 Å². The number of carbonyl (C=O) groups is 1. The van der Waals surface area contributed by atoms with Gasteiger partial charge in [-0.25, -0.2) is 0 Å². The summed E-state index contributed by atoms with van der Waals surface area (Å²) in [5, 5.41) is 9.84. The molecule has 7 nitrogen and oxygen atoms in total. The van der Waals surface area contributed by atoms with Crippen LogP contribution in [-0.4, -0.2) is 49.5 Å². The van der Waals surface area contributed by atoms with Gasteiger partial charge in [-0.1, -0.05) is 25.5 Å². The maximum atomic E-state index is 12.4. The fourth-order valence-corrected chi connectivity index (χ4v) is 3.95. The first-order valence-corrected chi connectivity index (χ1v) is 11.7. The van der Waals surface area contributed by atoms with Crippen molar-refractivity contribution in [3.05, 3.63) is 59.5 Å². The topological polar surface area (TPSA) is 81.9 Å². The lowest BCUT2D eigenvalue weighted by atomic mass is 10.1. The number of carbonyl (C=O) groups excluding carboxylic acids is 1. The molecule has 0 radical (unpaired) electrons. The van der Waals surface area contributed by atoms with Gasteiger partial charge in [-0.2, -0.15) is 0 Å². The number of piperidine rings is 1. The predicted octanol–water partition coefficient (Wildman–Crippen LogP) is 3.70. The van der Waals surface area contributed by atoms with E-state index in [4.69, 9.17) is 4.42 Å². The third-order valence-corrected chi connectivity index (χ3v) is 6.03. The molecule has 1 aliphatic rings. The minimum Gasteiger partial charge on any atom is -0.468 e. The Morgan fingerprint density at radius 1 is 1.16 bits per heavy atom. The zero-order valence-electron chi connectivity index (χ0n) is 19.6. The lowest BCUT2D eigenvalue weighted by Crippen LogP contribution is -2.44. The molecular weight excluding hydrogens is 402 g/mol. The van der Waals surface area contributed by atoms with Gasteiger partial charge in [-0.3, -0.25) is 14.7 Å². The third kappa shape index (κ3) is 6.85. The van der Waals surface area contributed by atoms with Gasteiger partial charge >= 0.3 is 0 Å². The zero-order valence-corrected chi connectivity index (χ0v) is 19.6. The highest BCUT2D eigenvalue weighted by atomic mass is 16.3. The number of amides is 1. The van der Waals surface area contributed by atoms with E-state index in [1.54, 1.807) is 13.3 Å². The number of nitrogens with zero attached hydrogens (tertiary/aromatic N) is 2. The Balaban J connectivity index is 1.56. The Kier molecular flexibility index (Phi) is 9.16. The van der Waals surface area contributed by atoms with Crippen molar-refractivity contribution < 1.29 is 9.21 Å². The second kappa shape index (κ2) is 12.3. The van der Waals surface area contributed by atoms with Crippen molar-refractivity contribution >= 4 is 11.9 Å². The summed E-state index contributed by atoms with van der Waals surface area (Å²) in [6.45, 7) is 7.55. The average molecular weight is 440 g/mol. The van der Waals surface area contributed by atoms with Crippen LogP contribution in [-0.2, 0) is 6.54 Å². The SMILES string of the molecule is CCC(C)NC(=O)c1cccc(CNC(=NC)NCC(c2ccco2)N2CCCCC2)c1. The Morgan fingerprint density at radius 2 is 1.97 bits per heavy atom. The molecule has 1 saturated heterocycles. The minimum absolute atomic E-state index is 0.0356. The molecule has 1 aromatic heterocycles. The molecule has 3 rings (SSSR count). The van der Waals surface area contributed by atoms with Crippen LogP contribution in [0.3, 0.4) is 0 Å². The first-order chi connectivity index (χ1) is 15.6. The van der Waals surface area contributed by atoms with E-state index in [0.29, 0.717) is 18.7 Å². The molecule has 2 atom stereocenters. The van der Waals surface area contributed by atoms with Gasteiger partial charge in [-0.15, -0.1) is 0 Å². The lowest BCUT2D eigenvalue weighted by molar-refractivity contribution is 0.0939. The molecule has 0 aliphatic carbocycles. The van der Waals surface area contributed by atoms with Crippen molar-refractivity contribution in [1.82, 2.24) is 20.9 Å². The van der Waals surface area contributed by atoms with Crippen LogP contribution in [0, 0.1) is 0 Å². The molecule has 7 heteroatoms. The number of rotatable bonds is 9. The van der Waals surface area contributed by atoms with Crippen molar-refractivity contribution in [3.8, 4) is 0 Å². The second-order valence-corrected chi connectivity index (χ2v) is 8.42. The van der Waals surface area contributed by atoms with Crippen molar-refractivity contribution in [2.45, 2.75) is 58.2 Å². The van der Waals surface area contributed by atoms with E-state index >= 15 is 0 Å². The van der Waals surface area contributed by atoms with Crippen LogP contribution >= 0.6 is 0 Å². The van der Waals surface area contributed by atoms with Crippen LogP contribution in [0.15, 0.2) is 52.1 Å². The molecule has 2 heterocycles. The van der Waals surface area contributed by atoms with Crippen LogP contribution in [0.5, 0.6) is 0 Å². The summed E-state index contributed by atoms with van der Waals surface area (Å²) in [6, 6.07) is 12.0. The molecule has 0 spiro atoms. The van der Waals surface area contributed by atoms with Gasteiger partial charge in [0, 0.05) is 31.7 Å². The molecular formula is C25H37N5O2. The van der Waals surface area contributed by atoms with Crippen LogP contribution < -0.4 is 16.0 Å². The number of guanidine groups is 1. The predicted molar refractivity (Wildman–Crippen MR) is 129 cm³/mol. The largest absolute Gasteiger partial charge is 0.468 e. The number of hydrogen-bond donors (Lipinski definition) is 3. The number of furan rings is 1. The quantitative estimate of drug-likeness (QED) is 0.410. The van der Waals surface area contributed by atoms with E-state index in [1.807, 2.05) is 43.3 Å². The van der Waals surface area contributed by atoms with Crippen molar-refractivity contribution in [1.29, 1.82) is 0 Å². The molecule has 1 fully saturated rings. The fraction of sp³-hybridized carbons (Fsp3) is 0.520. The van der Waals surface area contributed by atoms with Crippen LogP contribution in [0.4, 0.5) is 0 Å². The van der Waals surface area contributed by atoms with Crippen molar-refractivity contribution in [3.63, 3.8) is 0 Å². The van der Waals surface area contributed by atoms with E-state index in [-0.39, 0.29) is 18.0 Å². The van der Waals surface area contributed by atoms with Crippen LogP contribution in [0.1, 0.15) is 67.3 Å². The maximum Gasteiger partial charge on any atom is 0.251 e. The summed E-state index contributed by atoms with van der Waals surface area (Å²) in [5.74, 6) is 1.68. The monoisotopic (exact) mass is 439 g/mol. The highest BCUT2D eigenvalue weighted by Gasteiger charge is 2.24. The standard InChI is InChI=1S/C25H37N5O2/c1-4-19(2)29-24(31)21-11-8-10-20(16-21)17-27-25(26-3)28-18-22(23-12-9-15-32-23)30-13-6-5-7-14-30/h8-12,15-16,19,22H,4-7,13-14,17-18H2,1-3H3,(H,29,31)(H2,26,27,28). The highest BCUT2D eigenvalue weighted by molar-refractivity contribution is 5.94. The molecule has 1 amide bonds. The molecule has 0 saturated carbocycles. The number of likely N-dealkylation sites (tertiary alicyclic amines) is 1. The summed E-state index contributed by atoms with van der Waals surface area (Å²) >= 11 is 0. The molecule has 2 aromatic rings. The summed E-state index contributed by atoms with van der Waals surface area (Å²) < 4.78 is 5.74. The maximum absolute atomic E-state index is 12.4. The van der Waals surface area contributed by atoms with Crippen molar-refractivity contribution in [2.24, 2.45) is 4.99 Å². The van der Waals surface area contributed by atoms with Gasteiger partial charge in [0.25, 0.3) is 5.91 Å². The minimum atomic E-state index is -0.0356. The van der Waals surface area contributed by atoms with Gasteiger partial charge in [-0.05, 0) is 69.1 Å². The lowest BCUT2D eigenvalue weighted by Gasteiger charge is -2.33. The van der Waals surface area contributed by atoms with E-state index < -0.39 is 0 Å². The number of benzene rings is 1. The number of aliphatic imine (C=N–C) groups is 1. The molecule has 32 heavy (non-hydrogen) atoms. The zero-order chi connectivity index (χ0) is 22.8. The Labute approximate surface area is 191 Å². The molecule has 2 unspecified atom stereocenters. The summed E-state index contributed by atoms with van der Waals surface area (Å²) in [4.78, 5) is 19.3. The van der Waals surface area contributed by atoms with E-state index in [0.717, 1.165) is 36.8 Å². The molecule has 3 N–H and O–H groups in total. The Morgan fingerprint density at radius 3 is 2.66 bits per heavy atom. The summed E-state index contributed by atoms with van der Waals surface area (Å²) in [5.41, 5.74) is 1.71. The molecule has 1 aromatic carbocycles. The van der Waals surface area contributed by atoms with Crippen molar-refractivity contribution in [2.75, 3.05) is 26.7 Å². The van der Waals surface area contributed by atoms with Gasteiger partial charge in [0.1, 0.15) is 5.76 Å². The van der Waals surface area contributed by atoms with Crippen LogP contribution in [0.2, 0.25) is 0 Å². The van der Waals surface area contributed by atoms with Gasteiger partial charge in [0.05, 0.1) is 12.3 Å². The normalized spacial score (nSPS) is 16.9. The smallest absolute Gasteiger partial charge is 0.251 e. The third-order valence-electron chi connectivity index (χ3n) is 6.03. The van der Waals surface area contributed by atoms with Gasteiger partial charge in [0.2, 0.25) is 0 Å². The van der Waals surface area contributed by atoms with Gasteiger partial charge < -0.3 is 20.4 Å². The highest BCUT2D eigenvalue weighted by Crippen LogP contribution is 2.24. The fourth-order valence-electron chi connectivity index (χ4n) is 3.95. The summed E-state index contributed by atoms with van der Waals surface area (Å²) in [6.07, 6.45) is 6.40. The number of nitrogens with one attached hydrogen (secondary N) is 3. The first kappa shape index (κ1) is 23.9. The molecule has 174 valence electrons. The van der Waals surface area contributed by atoms with E-state index in [9.17, 15) is 4.79 Å². The Bertz CT molecular complexity index is 859. The second-order valence-electron chi connectivity index (χ2n) is 8.42. The van der Waals surface area contributed by atoms with E-state index in [2.05, 4.69) is 32.8 Å². The van der Waals surface area contributed by atoms with Gasteiger partial charge in [0.15, 0.2) is 5.96 Å². The Hall–Kier alpha value is -2.80. The first-order valence-electron chi connectivity index (χ1n) is 11.7.